The van der Waals surface area contributed by atoms with Crippen molar-refractivity contribution in [2.24, 2.45) is 0 Å². The Kier molecular flexibility index (Phi) is 5.38. The first-order chi connectivity index (χ1) is 10.5. The van der Waals surface area contributed by atoms with Gasteiger partial charge in [0, 0.05) is 6.54 Å². The summed E-state index contributed by atoms with van der Waals surface area (Å²) < 4.78 is 10.6. The van der Waals surface area contributed by atoms with Gasteiger partial charge in [0.25, 0.3) is 5.91 Å². The zero-order valence-electron chi connectivity index (χ0n) is 12.8. The van der Waals surface area contributed by atoms with Crippen LogP contribution in [0.15, 0.2) is 24.3 Å². The van der Waals surface area contributed by atoms with Crippen molar-refractivity contribution < 1.29 is 24.2 Å². The standard InChI is InChI=1S/C16H21NO5/c1-11(2)12-4-3-5-13(8-12)22-10-15(18)17-6-7-21-9-14(17)16(19)20/h3-5,8,11,14H,6-7,9-10H2,1-2H3,(H,19,20). The van der Waals surface area contributed by atoms with Crippen LogP contribution in [0.2, 0.25) is 0 Å². The molecule has 22 heavy (non-hydrogen) atoms. The van der Waals surface area contributed by atoms with Gasteiger partial charge in [-0.1, -0.05) is 26.0 Å². The summed E-state index contributed by atoms with van der Waals surface area (Å²) in [5.74, 6) is -0.421. The highest BCUT2D eigenvalue weighted by Gasteiger charge is 2.32. The van der Waals surface area contributed by atoms with Crippen LogP contribution in [0.1, 0.15) is 25.3 Å². The van der Waals surface area contributed by atoms with Crippen molar-refractivity contribution in [2.75, 3.05) is 26.4 Å². The van der Waals surface area contributed by atoms with Crippen LogP contribution >= 0.6 is 0 Å². The quantitative estimate of drug-likeness (QED) is 0.892. The van der Waals surface area contributed by atoms with Crippen molar-refractivity contribution >= 4 is 11.9 Å². The van der Waals surface area contributed by atoms with E-state index in [-0.39, 0.29) is 25.7 Å². The number of ether oxygens (including phenoxy) is 2. The third-order valence-electron chi connectivity index (χ3n) is 3.62. The molecule has 0 radical (unpaired) electrons. The molecule has 1 atom stereocenters. The second-order valence-electron chi connectivity index (χ2n) is 5.53. The first kappa shape index (κ1) is 16.3. The maximum Gasteiger partial charge on any atom is 0.328 e. The van der Waals surface area contributed by atoms with E-state index in [4.69, 9.17) is 14.6 Å². The van der Waals surface area contributed by atoms with Crippen molar-refractivity contribution in [3.63, 3.8) is 0 Å². The Morgan fingerprint density at radius 1 is 1.45 bits per heavy atom. The van der Waals surface area contributed by atoms with Crippen molar-refractivity contribution in [3.05, 3.63) is 29.8 Å². The number of hydrogen-bond donors (Lipinski definition) is 1. The Bertz CT molecular complexity index is 543. The third-order valence-corrected chi connectivity index (χ3v) is 3.62. The van der Waals surface area contributed by atoms with Crippen LogP contribution in [0.25, 0.3) is 0 Å². The first-order valence-corrected chi connectivity index (χ1v) is 7.32. The number of morpholine rings is 1. The molecule has 2 rings (SSSR count). The van der Waals surface area contributed by atoms with Gasteiger partial charge in [0.2, 0.25) is 0 Å². The number of benzene rings is 1. The topological polar surface area (TPSA) is 76.1 Å². The van der Waals surface area contributed by atoms with Crippen LogP contribution in [-0.2, 0) is 14.3 Å². The molecule has 1 amide bonds. The maximum atomic E-state index is 12.2. The third kappa shape index (κ3) is 3.98. The van der Waals surface area contributed by atoms with Gasteiger partial charge in [-0.05, 0) is 23.6 Å². The summed E-state index contributed by atoms with van der Waals surface area (Å²) in [6.07, 6.45) is 0. The lowest BCUT2D eigenvalue weighted by Crippen LogP contribution is -2.53. The lowest BCUT2D eigenvalue weighted by molar-refractivity contribution is -0.159. The minimum atomic E-state index is -1.06. The fourth-order valence-electron chi connectivity index (χ4n) is 2.30. The highest BCUT2D eigenvalue weighted by Crippen LogP contribution is 2.20. The minimum Gasteiger partial charge on any atom is -0.484 e. The molecular formula is C16H21NO5. The molecular weight excluding hydrogens is 286 g/mol. The van der Waals surface area contributed by atoms with E-state index in [1.165, 1.54) is 4.90 Å². The van der Waals surface area contributed by atoms with Crippen molar-refractivity contribution in [1.82, 2.24) is 4.90 Å². The van der Waals surface area contributed by atoms with Crippen molar-refractivity contribution in [2.45, 2.75) is 25.8 Å². The number of carboxylic acid groups (broad SMARTS) is 1. The molecule has 0 spiro atoms. The molecule has 0 saturated carbocycles. The van der Waals surface area contributed by atoms with E-state index in [1.54, 1.807) is 6.07 Å². The molecule has 6 nitrogen and oxygen atoms in total. The average molecular weight is 307 g/mol. The molecule has 1 aliphatic rings. The molecule has 0 aromatic heterocycles. The van der Waals surface area contributed by atoms with Crippen LogP contribution in [0.4, 0.5) is 0 Å². The van der Waals surface area contributed by atoms with Gasteiger partial charge < -0.3 is 19.5 Å². The fourth-order valence-corrected chi connectivity index (χ4v) is 2.30. The van der Waals surface area contributed by atoms with Gasteiger partial charge in [0.05, 0.1) is 13.2 Å². The highest BCUT2D eigenvalue weighted by molar-refractivity contribution is 5.84. The van der Waals surface area contributed by atoms with Gasteiger partial charge in [-0.2, -0.15) is 0 Å². The van der Waals surface area contributed by atoms with E-state index in [9.17, 15) is 9.59 Å². The zero-order valence-corrected chi connectivity index (χ0v) is 12.8. The van der Waals surface area contributed by atoms with Gasteiger partial charge in [0.15, 0.2) is 12.6 Å². The smallest absolute Gasteiger partial charge is 0.328 e. The predicted octanol–water partition coefficient (Wildman–Crippen LogP) is 1.50. The highest BCUT2D eigenvalue weighted by atomic mass is 16.5. The van der Waals surface area contributed by atoms with Gasteiger partial charge in [-0.25, -0.2) is 4.79 Å². The van der Waals surface area contributed by atoms with Gasteiger partial charge >= 0.3 is 5.97 Å². The summed E-state index contributed by atoms with van der Waals surface area (Å²) in [5, 5.41) is 9.13. The number of nitrogens with zero attached hydrogens (tertiary/aromatic N) is 1. The van der Waals surface area contributed by atoms with Crippen LogP contribution < -0.4 is 4.74 Å². The SMILES string of the molecule is CC(C)c1cccc(OCC(=O)N2CCOCC2C(=O)O)c1. The van der Waals surface area contributed by atoms with E-state index in [2.05, 4.69) is 13.8 Å². The Balaban J connectivity index is 1.97. The number of hydrogen-bond acceptors (Lipinski definition) is 4. The molecule has 120 valence electrons. The molecule has 1 heterocycles. The normalized spacial score (nSPS) is 18.3. The fraction of sp³-hybridized carbons (Fsp3) is 0.500. The Labute approximate surface area is 129 Å². The largest absolute Gasteiger partial charge is 0.484 e. The van der Waals surface area contributed by atoms with Crippen LogP contribution in [-0.4, -0.2) is 54.3 Å². The maximum absolute atomic E-state index is 12.2. The molecule has 0 aliphatic carbocycles. The molecule has 1 aliphatic heterocycles. The number of rotatable bonds is 5. The molecule has 1 saturated heterocycles. The van der Waals surface area contributed by atoms with Gasteiger partial charge in [-0.3, -0.25) is 4.79 Å². The molecule has 6 heteroatoms. The monoisotopic (exact) mass is 307 g/mol. The van der Waals surface area contributed by atoms with E-state index in [0.29, 0.717) is 18.3 Å². The van der Waals surface area contributed by atoms with Gasteiger partial charge in [0.1, 0.15) is 5.75 Å². The molecule has 1 unspecified atom stereocenters. The Morgan fingerprint density at radius 2 is 2.23 bits per heavy atom. The predicted molar refractivity (Wildman–Crippen MR) is 80.0 cm³/mol. The summed E-state index contributed by atoms with van der Waals surface area (Å²) in [6.45, 7) is 4.61. The van der Waals surface area contributed by atoms with Crippen LogP contribution in [0.5, 0.6) is 5.75 Å². The molecule has 1 aromatic rings. The summed E-state index contributed by atoms with van der Waals surface area (Å²) in [4.78, 5) is 24.6. The van der Waals surface area contributed by atoms with E-state index >= 15 is 0 Å². The second kappa shape index (κ2) is 7.26. The van der Waals surface area contributed by atoms with E-state index in [0.717, 1.165) is 5.56 Å². The summed E-state index contributed by atoms with van der Waals surface area (Å²) in [7, 11) is 0. The number of aliphatic carboxylic acids is 1. The molecule has 1 fully saturated rings. The average Bonchev–Trinajstić information content (AvgIpc) is 2.52. The first-order valence-electron chi connectivity index (χ1n) is 7.32. The molecule has 1 aromatic carbocycles. The summed E-state index contributed by atoms with van der Waals surface area (Å²) in [6, 6.07) is 6.62. The molecule has 1 N–H and O–H groups in total. The summed E-state index contributed by atoms with van der Waals surface area (Å²) in [5.41, 5.74) is 1.12. The van der Waals surface area contributed by atoms with Gasteiger partial charge in [-0.15, -0.1) is 0 Å². The Hall–Kier alpha value is -2.08. The van der Waals surface area contributed by atoms with Crippen molar-refractivity contribution in [3.8, 4) is 5.75 Å². The second-order valence-corrected chi connectivity index (χ2v) is 5.53. The van der Waals surface area contributed by atoms with E-state index in [1.807, 2.05) is 18.2 Å². The number of carbonyl (C=O) groups excluding carboxylic acids is 1. The number of carbonyl (C=O) groups is 2. The number of amides is 1. The van der Waals surface area contributed by atoms with Crippen molar-refractivity contribution in [1.29, 1.82) is 0 Å². The van der Waals surface area contributed by atoms with Crippen LogP contribution in [0, 0.1) is 0 Å². The van der Waals surface area contributed by atoms with E-state index < -0.39 is 12.0 Å². The summed E-state index contributed by atoms with van der Waals surface area (Å²) >= 11 is 0. The minimum absolute atomic E-state index is 0.0178. The lowest BCUT2D eigenvalue weighted by Gasteiger charge is -2.32. The lowest BCUT2D eigenvalue weighted by atomic mass is 10.0. The number of carboxylic acids is 1. The molecule has 0 bridgehead atoms. The Morgan fingerprint density at radius 3 is 2.91 bits per heavy atom. The van der Waals surface area contributed by atoms with Crippen LogP contribution in [0.3, 0.4) is 0 Å². The zero-order chi connectivity index (χ0) is 16.1.